The number of nitrogens with one attached hydrogen (secondary N) is 1. The summed E-state index contributed by atoms with van der Waals surface area (Å²) in [6.45, 7) is 8.60. The zero-order valence-corrected chi connectivity index (χ0v) is 19.6. The standard InChI is InChI=1S/C25H33ClN2O3/c1-5-19(3)27-25(30)20(4)28(17-21-9-6-8-18(2)16-21)24(29)10-7-15-31-23-13-11-22(26)12-14-23/h6,8-9,11-14,16,19-20H,5,7,10,15,17H2,1-4H3,(H,27,30)/t19-,20+/m0/s1. The molecule has 1 N–H and O–H groups in total. The van der Waals surface area contributed by atoms with E-state index in [0.717, 1.165) is 23.3 Å². The molecule has 0 radical (unpaired) electrons. The molecule has 2 atom stereocenters. The van der Waals surface area contributed by atoms with Crippen molar-refractivity contribution in [3.8, 4) is 5.75 Å². The lowest BCUT2D eigenvalue weighted by Crippen LogP contribution is -2.49. The molecule has 0 bridgehead atoms. The van der Waals surface area contributed by atoms with Gasteiger partial charge in [0.2, 0.25) is 11.8 Å². The van der Waals surface area contributed by atoms with Crippen molar-refractivity contribution in [3.63, 3.8) is 0 Å². The molecule has 0 aliphatic rings. The lowest BCUT2D eigenvalue weighted by Gasteiger charge is -2.30. The number of carbonyl (C=O) groups excluding carboxylic acids is 2. The van der Waals surface area contributed by atoms with Crippen molar-refractivity contribution in [2.24, 2.45) is 0 Å². The Morgan fingerprint density at radius 2 is 1.84 bits per heavy atom. The van der Waals surface area contributed by atoms with E-state index >= 15 is 0 Å². The summed E-state index contributed by atoms with van der Waals surface area (Å²) >= 11 is 5.88. The Labute approximate surface area is 190 Å². The second-order valence-corrected chi connectivity index (χ2v) is 8.35. The van der Waals surface area contributed by atoms with E-state index in [1.54, 1.807) is 36.1 Å². The van der Waals surface area contributed by atoms with Gasteiger partial charge in [0.05, 0.1) is 6.61 Å². The number of hydrogen-bond acceptors (Lipinski definition) is 3. The van der Waals surface area contributed by atoms with Gasteiger partial charge in [-0.1, -0.05) is 48.4 Å². The molecule has 0 saturated heterocycles. The molecule has 2 amide bonds. The van der Waals surface area contributed by atoms with Crippen LogP contribution in [0.4, 0.5) is 0 Å². The quantitative estimate of drug-likeness (QED) is 0.488. The second-order valence-electron chi connectivity index (χ2n) is 7.91. The minimum atomic E-state index is -0.556. The molecule has 0 aliphatic heterocycles. The van der Waals surface area contributed by atoms with Gasteiger partial charge in [-0.25, -0.2) is 0 Å². The van der Waals surface area contributed by atoms with Gasteiger partial charge in [-0.05, 0) is 63.4 Å². The molecule has 0 fully saturated rings. The third kappa shape index (κ3) is 8.25. The summed E-state index contributed by atoms with van der Waals surface area (Å²) < 4.78 is 5.69. The minimum Gasteiger partial charge on any atom is -0.494 e. The van der Waals surface area contributed by atoms with Crippen LogP contribution in [-0.2, 0) is 16.1 Å². The van der Waals surface area contributed by atoms with Crippen molar-refractivity contribution < 1.29 is 14.3 Å². The smallest absolute Gasteiger partial charge is 0.242 e. The van der Waals surface area contributed by atoms with Gasteiger partial charge in [0, 0.05) is 24.0 Å². The van der Waals surface area contributed by atoms with E-state index in [9.17, 15) is 9.59 Å². The number of nitrogens with zero attached hydrogens (tertiary/aromatic N) is 1. The molecular formula is C25H33ClN2O3. The fourth-order valence-electron chi connectivity index (χ4n) is 3.14. The Bertz CT molecular complexity index is 854. The summed E-state index contributed by atoms with van der Waals surface area (Å²) in [7, 11) is 0. The van der Waals surface area contributed by atoms with E-state index in [-0.39, 0.29) is 17.9 Å². The highest BCUT2D eigenvalue weighted by Crippen LogP contribution is 2.17. The van der Waals surface area contributed by atoms with Crippen LogP contribution in [-0.4, -0.2) is 35.4 Å². The first-order valence-electron chi connectivity index (χ1n) is 10.8. The number of amides is 2. The average molecular weight is 445 g/mol. The molecule has 0 aromatic heterocycles. The van der Waals surface area contributed by atoms with Crippen LogP contribution < -0.4 is 10.1 Å². The van der Waals surface area contributed by atoms with Crippen LogP contribution in [0.3, 0.4) is 0 Å². The largest absolute Gasteiger partial charge is 0.494 e. The molecule has 168 valence electrons. The molecule has 2 aromatic rings. The highest BCUT2D eigenvalue weighted by Gasteiger charge is 2.26. The van der Waals surface area contributed by atoms with E-state index in [4.69, 9.17) is 16.3 Å². The van der Waals surface area contributed by atoms with Crippen LogP contribution >= 0.6 is 11.6 Å². The Hall–Kier alpha value is -2.53. The SMILES string of the molecule is CC[C@H](C)NC(=O)[C@@H](C)N(Cc1cccc(C)c1)C(=O)CCCOc1ccc(Cl)cc1. The van der Waals surface area contributed by atoms with Crippen LogP contribution in [0.25, 0.3) is 0 Å². The van der Waals surface area contributed by atoms with E-state index in [2.05, 4.69) is 5.32 Å². The van der Waals surface area contributed by atoms with Gasteiger partial charge in [0.15, 0.2) is 0 Å². The van der Waals surface area contributed by atoms with E-state index < -0.39 is 6.04 Å². The number of ether oxygens (including phenoxy) is 1. The number of aryl methyl sites for hydroxylation is 1. The zero-order valence-electron chi connectivity index (χ0n) is 18.9. The Morgan fingerprint density at radius 3 is 2.48 bits per heavy atom. The van der Waals surface area contributed by atoms with Crippen molar-refractivity contribution >= 4 is 23.4 Å². The van der Waals surface area contributed by atoms with Gasteiger partial charge in [-0.2, -0.15) is 0 Å². The Balaban J connectivity index is 2.00. The maximum atomic E-state index is 13.1. The van der Waals surface area contributed by atoms with E-state index in [0.29, 0.717) is 31.0 Å². The lowest BCUT2D eigenvalue weighted by atomic mass is 10.1. The van der Waals surface area contributed by atoms with Crippen LogP contribution in [0.1, 0.15) is 51.2 Å². The Kier molecular flexibility index (Phi) is 9.86. The third-order valence-electron chi connectivity index (χ3n) is 5.22. The van der Waals surface area contributed by atoms with Crippen molar-refractivity contribution in [1.82, 2.24) is 10.2 Å². The molecule has 0 saturated carbocycles. The number of rotatable bonds is 11. The molecule has 2 rings (SSSR count). The fourth-order valence-corrected chi connectivity index (χ4v) is 3.27. The number of halogens is 1. The second kappa shape index (κ2) is 12.4. The van der Waals surface area contributed by atoms with Gasteiger partial charge >= 0.3 is 0 Å². The first-order chi connectivity index (χ1) is 14.8. The van der Waals surface area contributed by atoms with E-state index in [1.807, 2.05) is 45.0 Å². The highest BCUT2D eigenvalue weighted by molar-refractivity contribution is 6.30. The summed E-state index contributed by atoms with van der Waals surface area (Å²) in [6, 6.07) is 14.7. The number of carbonyl (C=O) groups is 2. The first-order valence-corrected chi connectivity index (χ1v) is 11.2. The first kappa shape index (κ1) is 24.7. The van der Waals surface area contributed by atoms with Gasteiger partial charge in [-0.15, -0.1) is 0 Å². The third-order valence-corrected chi connectivity index (χ3v) is 5.47. The van der Waals surface area contributed by atoms with Gasteiger partial charge in [-0.3, -0.25) is 9.59 Å². The minimum absolute atomic E-state index is 0.0620. The molecule has 2 aromatic carbocycles. The molecule has 6 heteroatoms. The van der Waals surface area contributed by atoms with Crippen LogP contribution in [0.2, 0.25) is 5.02 Å². The van der Waals surface area contributed by atoms with Gasteiger partial charge in [0.1, 0.15) is 11.8 Å². The molecular weight excluding hydrogens is 412 g/mol. The molecule has 0 spiro atoms. The van der Waals surface area contributed by atoms with Crippen molar-refractivity contribution in [2.45, 2.75) is 65.6 Å². The monoisotopic (exact) mass is 444 g/mol. The van der Waals surface area contributed by atoms with Gasteiger partial charge in [0.25, 0.3) is 0 Å². The molecule has 0 heterocycles. The van der Waals surface area contributed by atoms with Crippen molar-refractivity contribution in [2.75, 3.05) is 6.61 Å². The molecule has 0 aliphatic carbocycles. The number of benzene rings is 2. The lowest BCUT2D eigenvalue weighted by molar-refractivity contribution is -0.141. The van der Waals surface area contributed by atoms with Crippen LogP contribution in [0.15, 0.2) is 48.5 Å². The Morgan fingerprint density at radius 1 is 1.13 bits per heavy atom. The zero-order chi connectivity index (χ0) is 22.8. The predicted molar refractivity (Wildman–Crippen MR) is 125 cm³/mol. The average Bonchev–Trinajstić information content (AvgIpc) is 2.75. The van der Waals surface area contributed by atoms with Crippen molar-refractivity contribution in [1.29, 1.82) is 0 Å². The summed E-state index contributed by atoms with van der Waals surface area (Å²) in [5, 5.41) is 3.64. The van der Waals surface area contributed by atoms with E-state index in [1.165, 1.54) is 0 Å². The van der Waals surface area contributed by atoms with Crippen molar-refractivity contribution in [3.05, 3.63) is 64.7 Å². The summed E-state index contributed by atoms with van der Waals surface area (Å²) in [6.07, 6.45) is 1.71. The topological polar surface area (TPSA) is 58.6 Å². The maximum Gasteiger partial charge on any atom is 0.242 e. The number of hydrogen-bond donors (Lipinski definition) is 1. The summed E-state index contributed by atoms with van der Waals surface area (Å²) in [5.41, 5.74) is 2.13. The maximum absolute atomic E-state index is 13.1. The molecule has 0 unspecified atom stereocenters. The van der Waals surface area contributed by atoms with Crippen LogP contribution in [0.5, 0.6) is 5.75 Å². The predicted octanol–water partition coefficient (Wildman–Crippen LogP) is 5.14. The molecule has 31 heavy (non-hydrogen) atoms. The summed E-state index contributed by atoms with van der Waals surface area (Å²) in [5.74, 6) is 0.524. The summed E-state index contributed by atoms with van der Waals surface area (Å²) in [4.78, 5) is 27.4. The normalized spacial score (nSPS) is 12.7. The van der Waals surface area contributed by atoms with Gasteiger partial charge < -0.3 is 15.0 Å². The highest BCUT2D eigenvalue weighted by atomic mass is 35.5. The fraction of sp³-hybridized carbons (Fsp3) is 0.440. The molecule has 5 nitrogen and oxygen atoms in total. The van der Waals surface area contributed by atoms with Crippen LogP contribution in [0, 0.1) is 6.92 Å².